The van der Waals surface area contributed by atoms with E-state index in [0.717, 1.165) is 25.2 Å². The van der Waals surface area contributed by atoms with Crippen LogP contribution in [-0.4, -0.2) is 12.6 Å². The smallest absolute Gasteiger partial charge is 0.305 e. The third-order valence-corrected chi connectivity index (χ3v) is 6.14. The molecular formula is C27H54O2. The molecule has 0 saturated heterocycles. The fourth-order valence-electron chi connectivity index (χ4n) is 4.04. The van der Waals surface area contributed by atoms with Gasteiger partial charge in [0, 0.05) is 6.42 Å². The molecule has 0 rings (SSSR count). The molecule has 0 amide bonds. The standard InChI is InChI=1S/C27H54O2/c1-4-6-8-9-10-11-12-13-14-15-16-17-18-20-25-29-27(28)24-21-23-26(3)22-19-7-5-2/h26H,4-25H2,1-3H3/t26-/m1/s1. The van der Waals surface area contributed by atoms with Crippen LogP contribution in [0.25, 0.3) is 0 Å². The Morgan fingerprint density at radius 2 is 1.00 bits per heavy atom. The van der Waals surface area contributed by atoms with Crippen molar-refractivity contribution < 1.29 is 9.53 Å². The average Bonchev–Trinajstić information content (AvgIpc) is 2.71. The van der Waals surface area contributed by atoms with Gasteiger partial charge in [-0.05, 0) is 18.8 Å². The molecule has 0 aromatic heterocycles. The lowest BCUT2D eigenvalue weighted by atomic mass is 9.97. The molecule has 0 heterocycles. The van der Waals surface area contributed by atoms with Crippen LogP contribution < -0.4 is 0 Å². The van der Waals surface area contributed by atoms with Gasteiger partial charge in [-0.1, -0.05) is 136 Å². The Kier molecular flexibility index (Phi) is 23.3. The van der Waals surface area contributed by atoms with Crippen molar-refractivity contribution in [2.75, 3.05) is 6.61 Å². The van der Waals surface area contributed by atoms with Crippen molar-refractivity contribution >= 4 is 5.97 Å². The summed E-state index contributed by atoms with van der Waals surface area (Å²) in [7, 11) is 0. The quantitative estimate of drug-likeness (QED) is 0.124. The van der Waals surface area contributed by atoms with E-state index >= 15 is 0 Å². The second-order valence-corrected chi connectivity index (χ2v) is 9.31. The van der Waals surface area contributed by atoms with Gasteiger partial charge in [0.25, 0.3) is 0 Å². The largest absolute Gasteiger partial charge is 0.466 e. The Morgan fingerprint density at radius 3 is 1.52 bits per heavy atom. The van der Waals surface area contributed by atoms with E-state index in [1.165, 1.54) is 109 Å². The number of carbonyl (C=O) groups excluding carboxylic acids is 1. The summed E-state index contributed by atoms with van der Waals surface area (Å²) in [4.78, 5) is 11.8. The molecule has 0 aliphatic carbocycles. The summed E-state index contributed by atoms with van der Waals surface area (Å²) in [5.41, 5.74) is 0. The zero-order valence-electron chi connectivity index (χ0n) is 20.5. The molecule has 0 fully saturated rings. The third-order valence-electron chi connectivity index (χ3n) is 6.14. The van der Waals surface area contributed by atoms with Crippen LogP contribution in [0.2, 0.25) is 0 Å². The van der Waals surface area contributed by atoms with Gasteiger partial charge in [0.1, 0.15) is 0 Å². The molecule has 2 nitrogen and oxygen atoms in total. The van der Waals surface area contributed by atoms with Crippen LogP contribution in [0, 0.1) is 5.92 Å². The van der Waals surface area contributed by atoms with E-state index < -0.39 is 0 Å². The van der Waals surface area contributed by atoms with Gasteiger partial charge in [-0.2, -0.15) is 0 Å². The number of hydrogen-bond acceptors (Lipinski definition) is 2. The summed E-state index contributed by atoms with van der Waals surface area (Å²) >= 11 is 0. The monoisotopic (exact) mass is 410 g/mol. The molecule has 0 unspecified atom stereocenters. The van der Waals surface area contributed by atoms with Gasteiger partial charge in [0.05, 0.1) is 6.61 Å². The highest BCUT2D eigenvalue weighted by Gasteiger charge is 2.06. The minimum atomic E-state index is 0.0143. The van der Waals surface area contributed by atoms with Crippen LogP contribution in [-0.2, 0) is 9.53 Å². The number of esters is 1. The number of ether oxygens (including phenoxy) is 1. The van der Waals surface area contributed by atoms with Crippen LogP contribution >= 0.6 is 0 Å². The summed E-state index contributed by atoms with van der Waals surface area (Å²) in [6, 6.07) is 0. The Labute approximate surface area is 184 Å². The van der Waals surface area contributed by atoms with Crippen LogP contribution in [0.15, 0.2) is 0 Å². The van der Waals surface area contributed by atoms with Crippen molar-refractivity contribution in [1.29, 1.82) is 0 Å². The normalized spacial score (nSPS) is 12.2. The molecule has 0 aliphatic heterocycles. The molecule has 0 radical (unpaired) electrons. The van der Waals surface area contributed by atoms with Crippen LogP contribution in [0.5, 0.6) is 0 Å². The first-order chi connectivity index (χ1) is 14.2. The minimum Gasteiger partial charge on any atom is -0.466 e. The third kappa shape index (κ3) is 23.6. The summed E-state index contributed by atoms with van der Waals surface area (Å²) in [6.07, 6.45) is 27.1. The zero-order valence-corrected chi connectivity index (χ0v) is 20.5. The van der Waals surface area contributed by atoms with Crippen molar-refractivity contribution in [3.05, 3.63) is 0 Å². The molecule has 0 bridgehead atoms. The van der Waals surface area contributed by atoms with Gasteiger partial charge >= 0.3 is 5.97 Å². The van der Waals surface area contributed by atoms with E-state index in [9.17, 15) is 4.79 Å². The first kappa shape index (κ1) is 28.5. The molecule has 0 aliphatic rings. The van der Waals surface area contributed by atoms with Gasteiger partial charge in [0.15, 0.2) is 0 Å². The molecule has 0 aromatic carbocycles. The van der Waals surface area contributed by atoms with Crippen molar-refractivity contribution in [3.63, 3.8) is 0 Å². The molecule has 174 valence electrons. The lowest BCUT2D eigenvalue weighted by Gasteiger charge is -2.10. The predicted octanol–water partition coefficient (Wildman–Crippen LogP) is 9.40. The highest BCUT2D eigenvalue weighted by Crippen LogP contribution is 2.16. The highest BCUT2D eigenvalue weighted by molar-refractivity contribution is 5.69. The number of hydrogen-bond donors (Lipinski definition) is 0. The highest BCUT2D eigenvalue weighted by atomic mass is 16.5. The predicted molar refractivity (Wildman–Crippen MR) is 128 cm³/mol. The fourth-order valence-corrected chi connectivity index (χ4v) is 4.04. The molecule has 1 atom stereocenters. The van der Waals surface area contributed by atoms with Crippen LogP contribution in [0.4, 0.5) is 0 Å². The number of unbranched alkanes of at least 4 members (excludes halogenated alkanes) is 15. The zero-order chi connectivity index (χ0) is 21.4. The van der Waals surface area contributed by atoms with Crippen molar-refractivity contribution in [1.82, 2.24) is 0 Å². The van der Waals surface area contributed by atoms with Crippen LogP contribution in [0.1, 0.15) is 156 Å². The number of rotatable bonds is 23. The van der Waals surface area contributed by atoms with Gasteiger partial charge < -0.3 is 4.74 Å². The second kappa shape index (κ2) is 23.7. The topological polar surface area (TPSA) is 26.3 Å². The van der Waals surface area contributed by atoms with Gasteiger partial charge in [-0.3, -0.25) is 4.79 Å². The maximum Gasteiger partial charge on any atom is 0.305 e. The Bertz CT molecular complexity index is 326. The molecule has 0 saturated carbocycles. The molecule has 0 N–H and O–H groups in total. The SMILES string of the molecule is CCCCCCCCCCCCCCCCOC(=O)CCC[C@H](C)CCCCC. The Balaban J connectivity index is 3.21. The second-order valence-electron chi connectivity index (χ2n) is 9.31. The van der Waals surface area contributed by atoms with Crippen molar-refractivity contribution in [2.24, 2.45) is 5.92 Å². The summed E-state index contributed by atoms with van der Waals surface area (Å²) in [5.74, 6) is 0.764. The Hall–Kier alpha value is -0.530. The summed E-state index contributed by atoms with van der Waals surface area (Å²) in [6.45, 7) is 7.47. The van der Waals surface area contributed by atoms with Crippen molar-refractivity contribution in [2.45, 2.75) is 156 Å². The van der Waals surface area contributed by atoms with E-state index in [4.69, 9.17) is 4.74 Å². The first-order valence-corrected chi connectivity index (χ1v) is 13.4. The van der Waals surface area contributed by atoms with Crippen LogP contribution in [0.3, 0.4) is 0 Å². The maximum atomic E-state index is 11.8. The summed E-state index contributed by atoms with van der Waals surface area (Å²) in [5, 5.41) is 0. The van der Waals surface area contributed by atoms with Gasteiger partial charge in [-0.15, -0.1) is 0 Å². The molecular weight excluding hydrogens is 356 g/mol. The molecule has 2 heteroatoms. The maximum absolute atomic E-state index is 11.8. The Morgan fingerprint density at radius 1 is 0.586 bits per heavy atom. The van der Waals surface area contributed by atoms with Crippen molar-refractivity contribution in [3.8, 4) is 0 Å². The fraction of sp³-hybridized carbons (Fsp3) is 0.963. The van der Waals surface area contributed by atoms with E-state index in [1.807, 2.05) is 0 Å². The lowest BCUT2D eigenvalue weighted by molar-refractivity contribution is -0.143. The van der Waals surface area contributed by atoms with Gasteiger partial charge in [-0.25, -0.2) is 0 Å². The molecule has 0 aromatic rings. The lowest BCUT2D eigenvalue weighted by Crippen LogP contribution is -2.06. The summed E-state index contributed by atoms with van der Waals surface area (Å²) < 4.78 is 5.39. The molecule has 0 spiro atoms. The van der Waals surface area contributed by atoms with E-state index in [0.29, 0.717) is 13.0 Å². The first-order valence-electron chi connectivity index (χ1n) is 13.4. The minimum absolute atomic E-state index is 0.0143. The molecule has 29 heavy (non-hydrogen) atoms. The van der Waals surface area contributed by atoms with E-state index in [-0.39, 0.29) is 5.97 Å². The van der Waals surface area contributed by atoms with Gasteiger partial charge in [0.2, 0.25) is 0 Å². The van der Waals surface area contributed by atoms with E-state index in [2.05, 4.69) is 20.8 Å². The number of carbonyl (C=O) groups is 1. The van der Waals surface area contributed by atoms with E-state index in [1.54, 1.807) is 0 Å². The average molecular weight is 411 g/mol.